The standard InChI is InChI=1S/C20H23N3O3S2/c1-2-3-14-27-20-22-18-7-5-4-6-17(18)19(24)23(20)13-12-15-8-10-16(11-9-15)28(21,25)26/h4-11H,2-3,12-14H2,1H3,(H2,21,25,26). The third-order valence-electron chi connectivity index (χ3n) is 4.43. The fraction of sp³-hybridized carbons (Fsp3) is 0.300. The number of aryl methyl sites for hydroxylation is 1. The van der Waals surface area contributed by atoms with E-state index in [0.717, 1.165) is 29.3 Å². The molecule has 6 nitrogen and oxygen atoms in total. The third kappa shape index (κ3) is 4.81. The van der Waals surface area contributed by atoms with E-state index in [2.05, 4.69) is 6.92 Å². The average molecular weight is 418 g/mol. The molecule has 0 saturated carbocycles. The molecular weight excluding hydrogens is 394 g/mol. The van der Waals surface area contributed by atoms with Gasteiger partial charge in [-0.25, -0.2) is 18.5 Å². The second kappa shape index (κ2) is 8.89. The lowest BCUT2D eigenvalue weighted by Gasteiger charge is -2.13. The van der Waals surface area contributed by atoms with E-state index in [-0.39, 0.29) is 10.5 Å². The van der Waals surface area contributed by atoms with Crippen molar-refractivity contribution in [1.82, 2.24) is 9.55 Å². The number of nitrogens with two attached hydrogens (primary N) is 1. The van der Waals surface area contributed by atoms with Gasteiger partial charge >= 0.3 is 0 Å². The summed E-state index contributed by atoms with van der Waals surface area (Å²) in [7, 11) is -3.71. The number of hydrogen-bond acceptors (Lipinski definition) is 5. The Hall–Kier alpha value is -2.16. The number of sulfonamides is 1. The predicted molar refractivity (Wildman–Crippen MR) is 113 cm³/mol. The first-order valence-corrected chi connectivity index (χ1v) is 11.7. The lowest BCUT2D eigenvalue weighted by atomic mass is 10.1. The van der Waals surface area contributed by atoms with Crippen LogP contribution in [0.2, 0.25) is 0 Å². The molecule has 28 heavy (non-hydrogen) atoms. The Bertz CT molecular complexity index is 1120. The fourth-order valence-corrected chi connectivity index (χ4v) is 4.47. The van der Waals surface area contributed by atoms with Gasteiger partial charge in [0.1, 0.15) is 0 Å². The number of aromatic nitrogens is 2. The quantitative estimate of drug-likeness (QED) is 0.345. The minimum atomic E-state index is -3.71. The van der Waals surface area contributed by atoms with E-state index in [4.69, 9.17) is 10.1 Å². The summed E-state index contributed by atoms with van der Waals surface area (Å²) in [6.07, 6.45) is 2.73. The summed E-state index contributed by atoms with van der Waals surface area (Å²) in [5.74, 6) is 0.907. The molecule has 0 fully saturated rings. The zero-order valence-corrected chi connectivity index (χ0v) is 17.3. The van der Waals surface area contributed by atoms with Crippen LogP contribution in [0.4, 0.5) is 0 Å². The van der Waals surface area contributed by atoms with E-state index >= 15 is 0 Å². The van der Waals surface area contributed by atoms with Crippen LogP contribution in [0.5, 0.6) is 0 Å². The van der Waals surface area contributed by atoms with Gasteiger partial charge in [-0.2, -0.15) is 0 Å². The summed E-state index contributed by atoms with van der Waals surface area (Å²) in [6, 6.07) is 13.8. The van der Waals surface area contributed by atoms with Crippen molar-refractivity contribution in [2.45, 2.75) is 42.8 Å². The molecule has 8 heteroatoms. The Morgan fingerprint density at radius 3 is 2.50 bits per heavy atom. The van der Waals surface area contributed by atoms with Gasteiger partial charge < -0.3 is 0 Å². The maximum absolute atomic E-state index is 13.0. The maximum atomic E-state index is 13.0. The molecule has 1 heterocycles. The molecule has 0 aliphatic heterocycles. The van der Waals surface area contributed by atoms with Gasteiger partial charge in [-0.3, -0.25) is 9.36 Å². The number of unbranched alkanes of at least 4 members (excludes halogenated alkanes) is 1. The molecule has 0 unspecified atom stereocenters. The zero-order chi connectivity index (χ0) is 20.1. The summed E-state index contributed by atoms with van der Waals surface area (Å²) in [5.41, 5.74) is 1.59. The van der Waals surface area contributed by atoms with Gasteiger partial charge in [0.25, 0.3) is 5.56 Å². The highest BCUT2D eigenvalue weighted by molar-refractivity contribution is 7.99. The zero-order valence-electron chi connectivity index (χ0n) is 15.7. The number of para-hydroxylation sites is 1. The van der Waals surface area contributed by atoms with E-state index in [1.165, 1.54) is 12.1 Å². The SMILES string of the molecule is CCCCSc1nc2ccccc2c(=O)n1CCc1ccc(S(N)(=O)=O)cc1. The molecule has 0 aliphatic rings. The van der Waals surface area contributed by atoms with Crippen molar-refractivity contribution in [1.29, 1.82) is 0 Å². The summed E-state index contributed by atoms with van der Waals surface area (Å²) >= 11 is 1.60. The Kier molecular flexibility index (Phi) is 6.53. The van der Waals surface area contributed by atoms with Crippen LogP contribution in [0.25, 0.3) is 10.9 Å². The van der Waals surface area contributed by atoms with Crippen molar-refractivity contribution in [3.63, 3.8) is 0 Å². The molecule has 3 aromatic rings. The molecule has 0 amide bonds. The maximum Gasteiger partial charge on any atom is 0.262 e. The highest BCUT2D eigenvalue weighted by Crippen LogP contribution is 2.20. The molecular formula is C20H23N3O3S2. The van der Waals surface area contributed by atoms with Crippen molar-refractivity contribution in [2.75, 3.05) is 5.75 Å². The van der Waals surface area contributed by atoms with E-state index in [0.29, 0.717) is 23.9 Å². The van der Waals surface area contributed by atoms with Crippen LogP contribution in [-0.2, 0) is 23.0 Å². The fourth-order valence-electron chi connectivity index (χ4n) is 2.85. The molecule has 0 spiro atoms. The lowest BCUT2D eigenvalue weighted by molar-refractivity contribution is 0.593. The Morgan fingerprint density at radius 2 is 1.82 bits per heavy atom. The summed E-state index contributed by atoms with van der Waals surface area (Å²) in [6.45, 7) is 2.60. The van der Waals surface area contributed by atoms with E-state index < -0.39 is 10.0 Å². The van der Waals surface area contributed by atoms with Gasteiger partial charge in [0.15, 0.2) is 5.16 Å². The van der Waals surface area contributed by atoms with Gasteiger partial charge in [-0.15, -0.1) is 0 Å². The van der Waals surface area contributed by atoms with Crippen LogP contribution in [0.1, 0.15) is 25.3 Å². The van der Waals surface area contributed by atoms with Crippen molar-refractivity contribution in [2.24, 2.45) is 5.14 Å². The van der Waals surface area contributed by atoms with Crippen LogP contribution in [0.15, 0.2) is 63.4 Å². The molecule has 0 saturated heterocycles. The first-order valence-electron chi connectivity index (χ1n) is 9.14. The number of hydrogen-bond donors (Lipinski definition) is 1. The van der Waals surface area contributed by atoms with E-state index in [1.54, 1.807) is 34.5 Å². The number of fused-ring (bicyclic) bond motifs is 1. The van der Waals surface area contributed by atoms with Crippen molar-refractivity contribution in [3.8, 4) is 0 Å². The molecule has 0 bridgehead atoms. The number of rotatable bonds is 8. The van der Waals surface area contributed by atoms with Gasteiger partial charge in [-0.1, -0.05) is 49.4 Å². The Morgan fingerprint density at radius 1 is 1.11 bits per heavy atom. The van der Waals surface area contributed by atoms with E-state index in [9.17, 15) is 13.2 Å². The first kappa shape index (κ1) is 20.6. The second-order valence-electron chi connectivity index (χ2n) is 6.51. The van der Waals surface area contributed by atoms with Gasteiger partial charge in [0.2, 0.25) is 10.0 Å². The highest BCUT2D eigenvalue weighted by atomic mass is 32.2. The van der Waals surface area contributed by atoms with Crippen LogP contribution in [0, 0.1) is 0 Å². The molecule has 1 aromatic heterocycles. The molecule has 2 N–H and O–H groups in total. The van der Waals surface area contributed by atoms with Crippen molar-refractivity contribution < 1.29 is 8.42 Å². The normalized spacial score (nSPS) is 11.8. The monoisotopic (exact) mass is 417 g/mol. The number of primary sulfonamides is 1. The van der Waals surface area contributed by atoms with Crippen LogP contribution in [-0.4, -0.2) is 23.7 Å². The van der Waals surface area contributed by atoms with Gasteiger partial charge in [0, 0.05) is 12.3 Å². The average Bonchev–Trinajstić information content (AvgIpc) is 2.67. The topological polar surface area (TPSA) is 95.0 Å². The largest absolute Gasteiger partial charge is 0.287 e. The minimum absolute atomic E-state index is 0.0502. The predicted octanol–water partition coefficient (Wildman–Crippen LogP) is 3.18. The first-order chi connectivity index (χ1) is 13.4. The van der Waals surface area contributed by atoms with Gasteiger partial charge in [0.05, 0.1) is 15.8 Å². The minimum Gasteiger partial charge on any atom is -0.287 e. The van der Waals surface area contributed by atoms with Crippen LogP contribution >= 0.6 is 11.8 Å². The molecule has 2 aromatic carbocycles. The van der Waals surface area contributed by atoms with E-state index in [1.807, 2.05) is 18.2 Å². The van der Waals surface area contributed by atoms with Crippen LogP contribution in [0.3, 0.4) is 0 Å². The van der Waals surface area contributed by atoms with Crippen molar-refractivity contribution in [3.05, 3.63) is 64.4 Å². The molecule has 148 valence electrons. The molecule has 0 radical (unpaired) electrons. The molecule has 0 atom stereocenters. The highest BCUT2D eigenvalue weighted by Gasteiger charge is 2.12. The smallest absolute Gasteiger partial charge is 0.262 e. The number of nitrogens with zero attached hydrogens (tertiary/aromatic N) is 2. The number of benzene rings is 2. The summed E-state index contributed by atoms with van der Waals surface area (Å²) in [5, 5.41) is 6.46. The molecule has 3 rings (SSSR count). The second-order valence-corrected chi connectivity index (χ2v) is 9.13. The van der Waals surface area contributed by atoms with Crippen LogP contribution < -0.4 is 10.7 Å². The summed E-state index contributed by atoms with van der Waals surface area (Å²) < 4.78 is 24.5. The molecule has 0 aliphatic carbocycles. The Labute approximate surface area is 168 Å². The third-order valence-corrected chi connectivity index (χ3v) is 6.42. The van der Waals surface area contributed by atoms with Crippen molar-refractivity contribution >= 4 is 32.7 Å². The Balaban J connectivity index is 1.89. The lowest BCUT2D eigenvalue weighted by Crippen LogP contribution is -2.24. The summed E-state index contributed by atoms with van der Waals surface area (Å²) in [4.78, 5) is 17.8. The number of thioether (sulfide) groups is 1. The van der Waals surface area contributed by atoms with Gasteiger partial charge in [-0.05, 0) is 42.7 Å².